The molecule has 6 nitrogen and oxygen atoms in total. The number of rotatable bonds is 4. The SMILES string of the molecule is N#Cc1ccc(S(=O)(=O)Nc2ccc(C(=O)O)c(F)c2)s1. The van der Waals surface area contributed by atoms with Crippen LogP contribution in [0.25, 0.3) is 0 Å². The molecule has 0 aliphatic carbocycles. The highest BCUT2D eigenvalue weighted by atomic mass is 32.2. The zero-order valence-electron chi connectivity index (χ0n) is 10.2. The number of carboxylic acids is 1. The van der Waals surface area contributed by atoms with Crippen LogP contribution in [0.15, 0.2) is 34.5 Å². The second kappa shape index (κ2) is 5.51. The Bertz CT molecular complexity index is 852. The molecule has 1 heterocycles. The lowest BCUT2D eigenvalue weighted by molar-refractivity contribution is 0.0692. The highest BCUT2D eigenvalue weighted by Gasteiger charge is 2.18. The minimum Gasteiger partial charge on any atom is -0.478 e. The average molecular weight is 326 g/mol. The van der Waals surface area contributed by atoms with Gasteiger partial charge in [-0.2, -0.15) is 5.26 Å². The lowest BCUT2D eigenvalue weighted by Crippen LogP contribution is -2.12. The quantitative estimate of drug-likeness (QED) is 0.896. The molecule has 0 unspecified atom stereocenters. The lowest BCUT2D eigenvalue weighted by Gasteiger charge is -2.07. The highest BCUT2D eigenvalue weighted by Crippen LogP contribution is 2.24. The van der Waals surface area contributed by atoms with Crippen molar-refractivity contribution in [2.45, 2.75) is 4.21 Å². The molecule has 1 aromatic carbocycles. The zero-order valence-corrected chi connectivity index (χ0v) is 11.8. The molecule has 2 aromatic rings. The first-order chi connectivity index (χ1) is 9.83. The Kier molecular flexibility index (Phi) is 3.93. The number of halogens is 1. The molecule has 0 aliphatic rings. The number of carbonyl (C=O) groups is 1. The van der Waals surface area contributed by atoms with Crippen LogP contribution in [0.5, 0.6) is 0 Å². The van der Waals surface area contributed by atoms with E-state index in [4.69, 9.17) is 10.4 Å². The Hall–Kier alpha value is -2.44. The van der Waals surface area contributed by atoms with Gasteiger partial charge in [-0.05, 0) is 30.3 Å². The van der Waals surface area contributed by atoms with Crippen LogP contribution >= 0.6 is 11.3 Å². The minimum absolute atomic E-state index is 0.0956. The third-order valence-corrected chi connectivity index (χ3v) is 5.27. The van der Waals surface area contributed by atoms with Gasteiger partial charge in [-0.1, -0.05) is 0 Å². The van der Waals surface area contributed by atoms with Crippen LogP contribution < -0.4 is 4.72 Å². The predicted octanol–water partition coefficient (Wildman–Crippen LogP) is 2.26. The molecular formula is C12H7FN2O4S2. The summed E-state index contributed by atoms with van der Waals surface area (Å²) in [6.45, 7) is 0. The molecule has 0 atom stereocenters. The molecule has 0 radical (unpaired) electrons. The molecule has 0 aliphatic heterocycles. The van der Waals surface area contributed by atoms with Crippen molar-refractivity contribution in [2.24, 2.45) is 0 Å². The van der Waals surface area contributed by atoms with Gasteiger partial charge in [0.2, 0.25) is 0 Å². The molecule has 0 saturated carbocycles. The van der Waals surface area contributed by atoms with Gasteiger partial charge in [0.05, 0.1) is 11.3 Å². The fourth-order valence-corrected chi connectivity index (χ4v) is 3.63. The van der Waals surface area contributed by atoms with Crippen molar-refractivity contribution in [1.82, 2.24) is 0 Å². The van der Waals surface area contributed by atoms with Crippen molar-refractivity contribution in [3.05, 3.63) is 46.6 Å². The van der Waals surface area contributed by atoms with Crippen molar-refractivity contribution < 1.29 is 22.7 Å². The monoisotopic (exact) mass is 326 g/mol. The van der Waals surface area contributed by atoms with Gasteiger partial charge in [0, 0.05) is 0 Å². The Morgan fingerprint density at radius 3 is 2.57 bits per heavy atom. The molecule has 1 aromatic heterocycles. The van der Waals surface area contributed by atoms with Gasteiger partial charge in [0.15, 0.2) is 0 Å². The fourth-order valence-electron chi connectivity index (χ4n) is 1.48. The Morgan fingerprint density at radius 1 is 1.33 bits per heavy atom. The van der Waals surface area contributed by atoms with Crippen molar-refractivity contribution >= 4 is 33.0 Å². The molecule has 108 valence electrons. The van der Waals surface area contributed by atoms with E-state index in [1.807, 2.05) is 6.07 Å². The lowest BCUT2D eigenvalue weighted by atomic mass is 10.2. The maximum Gasteiger partial charge on any atom is 0.338 e. The molecule has 2 N–H and O–H groups in total. The molecule has 2 rings (SSSR count). The van der Waals surface area contributed by atoms with E-state index in [9.17, 15) is 17.6 Å². The Labute approximate surface area is 123 Å². The zero-order chi connectivity index (χ0) is 15.6. The number of hydrogen-bond donors (Lipinski definition) is 2. The molecule has 0 amide bonds. The van der Waals surface area contributed by atoms with Gasteiger partial charge in [-0.25, -0.2) is 17.6 Å². The Balaban J connectivity index is 2.31. The molecule has 0 saturated heterocycles. The van der Waals surface area contributed by atoms with Crippen LogP contribution in [0, 0.1) is 17.1 Å². The van der Waals surface area contributed by atoms with Gasteiger partial charge in [-0.15, -0.1) is 11.3 Å². The largest absolute Gasteiger partial charge is 0.478 e. The van der Waals surface area contributed by atoms with E-state index in [1.54, 1.807) is 0 Å². The summed E-state index contributed by atoms with van der Waals surface area (Å²) in [5.74, 6) is -2.49. The number of carboxylic acid groups (broad SMARTS) is 1. The van der Waals surface area contributed by atoms with Crippen molar-refractivity contribution in [3.63, 3.8) is 0 Å². The number of benzene rings is 1. The second-order valence-corrected chi connectivity index (χ2v) is 6.83. The molecule has 21 heavy (non-hydrogen) atoms. The normalized spacial score (nSPS) is 10.9. The number of sulfonamides is 1. The average Bonchev–Trinajstić information content (AvgIpc) is 2.87. The smallest absolute Gasteiger partial charge is 0.338 e. The third-order valence-electron chi connectivity index (χ3n) is 2.41. The second-order valence-electron chi connectivity index (χ2n) is 3.84. The molecule has 9 heteroatoms. The van der Waals surface area contributed by atoms with Gasteiger partial charge >= 0.3 is 5.97 Å². The summed E-state index contributed by atoms with van der Waals surface area (Å²) < 4.78 is 39.5. The summed E-state index contributed by atoms with van der Waals surface area (Å²) in [7, 11) is -3.95. The first kappa shape index (κ1) is 15.0. The maximum absolute atomic E-state index is 13.5. The van der Waals surface area contributed by atoms with E-state index >= 15 is 0 Å². The van der Waals surface area contributed by atoms with Gasteiger partial charge in [-0.3, -0.25) is 4.72 Å². The number of thiophene rings is 1. The van der Waals surface area contributed by atoms with Gasteiger partial charge in [0.1, 0.15) is 21.0 Å². The summed E-state index contributed by atoms with van der Waals surface area (Å²) in [6, 6.07) is 7.31. The van der Waals surface area contributed by atoms with E-state index in [-0.39, 0.29) is 14.8 Å². The number of nitrogens with one attached hydrogen (secondary N) is 1. The first-order valence-corrected chi connectivity index (χ1v) is 7.69. The van der Waals surface area contributed by atoms with Crippen LogP contribution in [-0.4, -0.2) is 19.5 Å². The fraction of sp³-hybridized carbons (Fsp3) is 0. The van der Waals surface area contributed by atoms with Gasteiger partial charge in [0.25, 0.3) is 10.0 Å². The number of anilines is 1. The number of hydrogen-bond acceptors (Lipinski definition) is 5. The third kappa shape index (κ3) is 3.18. The summed E-state index contributed by atoms with van der Waals surface area (Å²) >= 11 is 0.772. The van der Waals surface area contributed by atoms with Crippen LogP contribution in [-0.2, 0) is 10.0 Å². The standard InChI is InChI=1S/C12H7FN2O4S2/c13-10-5-7(1-3-9(10)12(16)17)15-21(18,19)11-4-2-8(6-14)20-11/h1-5,15H,(H,16,17). The van der Waals surface area contributed by atoms with E-state index < -0.39 is 27.4 Å². The first-order valence-electron chi connectivity index (χ1n) is 5.39. The van der Waals surface area contributed by atoms with E-state index in [0.29, 0.717) is 0 Å². The summed E-state index contributed by atoms with van der Waals surface area (Å²) in [6.07, 6.45) is 0. The molecular weight excluding hydrogens is 319 g/mol. The topological polar surface area (TPSA) is 107 Å². The highest BCUT2D eigenvalue weighted by molar-refractivity contribution is 7.94. The van der Waals surface area contributed by atoms with Crippen LogP contribution in [0.3, 0.4) is 0 Å². The number of nitriles is 1. The number of aromatic carboxylic acids is 1. The van der Waals surface area contributed by atoms with Crippen molar-refractivity contribution in [2.75, 3.05) is 4.72 Å². The van der Waals surface area contributed by atoms with E-state index in [2.05, 4.69) is 4.72 Å². The van der Waals surface area contributed by atoms with Crippen LogP contribution in [0.4, 0.5) is 10.1 Å². The van der Waals surface area contributed by atoms with Crippen molar-refractivity contribution in [1.29, 1.82) is 5.26 Å². The van der Waals surface area contributed by atoms with Crippen LogP contribution in [0.2, 0.25) is 0 Å². The van der Waals surface area contributed by atoms with Gasteiger partial charge < -0.3 is 5.11 Å². The maximum atomic E-state index is 13.5. The number of nitrogens with zero attached hydrogens (tertiary/aromatic N) is 1. The van der Waals surface area contributed by atoms with E-state index in [0.717, 1.165) is 29.5 Å². The van der Waals surface area contributed by atoms with Crippen molar-refractivity contribution in [3.8, 4) is 6.07 Å². The predicted molar refractivity (Wildman–Crippen MR) is 73.2 cm³/mol. The molecule has 0 bridgehead atoms. The molecule has 0 spiro atoms. The Morgan fingerprint density at radius 2 is 2.05 bits per heavy atom. The molecule has 0 fully saturated rings. The minimum atomic E-state index is -3.95. The van der Waals surface area contributed by atoms with E-state index in [1.165, 1.54) is 12.1 Å². The van der Waals surface area contributed by atoms with Crippen LogP contribution in [0.1, 0.15) is 15.2 Å². The summed E-state index contributed by atoms with van der Waals surface area (Å²) in [4.78, 5) is 10.9. The summed E-state index contributed by atoms with van der Waals surface area (Å²) in [5, 5.41) is 17.4. The summed E-state index contributed by atoms with van der Waals surface area (Å²) in [5.41, 5.74) is -0.662.